The molecule has 0 unspecified atom stereocenters. The van der Waals surface area contributed by atoms with Crippen LogP contribution in [0.3, 0.4) is 0 Å². The van der Waals surface area contributed by atoms with Gasteiger partial charge in [0.1, 0.15) is 5.75 Å². The fourth-order valence-corrected chi connectivity index (χ4v) is 4.28. The third kappa shape index (κ3) is 3.06. The molecule has 1 aliphatic carbocycles. The van der Waals surface area contributed by atoms with Crippen molar-refractivity contribution in [3.8, 4) is 17.0 Å². The van der Waals surface area contributed by atoms with Crippen molar-refractivity contribution < 1.29 is 23.0 Å². The highest BCUT2D eigenvalue weighted by Gasteiger charge is 2.33. The van der Waals surface area contributed by atoms with Crippen molar-refractivity contribution in [2.24, 2.45) is 0 Å². The monoisotopic (exact) mass is 419 g/mol. The van der Waals surface area contributed by atoms with Crippen molar-refractivity contribution >= 4 is 11.7 Å². The van der Waals surface area contributed by atoms with Crippen molar-refractivity contribution in [1.82, 2.24) is 19.6 Å². The Bertz CT molecular complexity index is 1110. The van der Waals surface area contributed by atoms with E-state index in [2.05, 4.69) is 15.1 Å². The number of aromatic nitrogens is 4. The normalized spacial score (nSPS) is 17.0. The van der Waals surface area contributed by atoms with Crippen LogP contribution in [0, 0.1) is 6.92 Å². The molecule has 1 aromatic carbocycles. The molecule has 158 valence electrons. The number of aryl methyl sites for hydroxylation is 2. The lowest BCUT2D eigenvalue weighted by Gasteiger charge is -2.25. The maximum atomic E-state index is 13.1. The zero-order chi connectivity index (χ0) is 21.0. The second-order valence-electron chi connectivity index (χ2n) is 7.65. The van der Waals surface area contributed by atoms with Gasteiger partial charge in [-0.2, -0.15) is 22.7 Å². The van der Waals surface area contributed by atoms with Crippen molar-refractivity contribution in [2.75, 3.05) is 31.2 Å². The first-order valence-electron chi connectivity index (χ1n) is 9.85. The van der Waals surface area contributed by atoms with Crippen LogP contribution >= 0.6 is 0 Å². The van der Waals surface area contributed by atoms with Crippen LogP contribution < -0.4 is 4.90 Å². The maximum absolute atomic E-state index is 13.1. The highest BCUT2D eigenvalue weighted by Crippen LogP contribution is 2.41. The number of fused-ring (bicyclic) bond motifs is 3. The second kappa shape index (κ2) is 6.83. The highest BCUT2D eigenvalue weighted by molar-refractivity contribution is 5.76. The lowest BCUT2D eigenvalue weighted by molar-refractivity contribution is -0.137. The predicted molar refractivity (Wildman–Crippen MR) is 103 cm³/mol. The molecule has 10 heteroatoms. The smallest absolute Gasteiger partial charge is 0.416 e. The van der Waals surface area contributed by atoms with Crippen molar-refractivity contribution in [3.05, 3.63) is 34.5 Å². The third-order valence-corrected chi connectivity index (χ3v) is 5.69. The summed E-state index contributed by atoms with van der Waals surface area (Å²) in [6.45, 7) is 4.13. The molecule has 5 rings (SSSR count). The van der Waals surface area contributed by atoms with E-state index in [1.165, 1.54) is 0 Å². The first-order valence-corrected chi connectivity index (χ1v) is 9.85. The number of hydrogen-bond acceptors (Lipinski definition) is 6. The van der Waals surface area contributed by atoms with E-state index >= 15 is 0 Å². The van der Waals surface area contributed by atoms with E-state index in [9.17, 15) is 18.3 Å². The van der Waals surface area contributed by atoms with E-state index in [4.69, 9.17) is 4.74 Å². The number of rotatable bonds is 2. The largest absolute Gasteiger partial charge is 0.507 e. The number of aromatic hydroxyl groups is 1. The van der Waals surface area contributed by atoms with Gasteiger partial charge in [-0.15, -0.1) is 5.10 Å². The SMILES string of the molecule is Cc1cc(C(F)(F)F)cc(O)c1-c1nc2nc(N3CCOCC3)nn2c2c1CCC2. The summed E-state index contributed by atoms with van der Waals surface area (Å²) in [6.07, 6.45) is -2.15. The van der Waals surface area contributed by atoms with E-state index in [1.807, 2.05) is 4.90 Å². The second-order valence-corrected chi connectivity index (χ2v) is 7.65. The van der Waals surface area contributed by atoms with Crippen LogP contribution in [0.25, 0.3) is 17.0 Å². The van der Waals surface area contributed by atoms with Gasteiger partial charge in [-0.05, 0) is 43.9 Å². The molecule has 1 N–H and O–H groups in total. The van der Waals surface area contributed by atoms with Crippen LogP contribution in [-0.2, 0) is 23.8 Å². The number of phenolic OH excluding ortho intramolecular Hbond substituents is 1. The number of alkyl halides is 3. The standard InChI is InChI=1S/C20H20F3N5O2/c1-11-9-12(20(21,22)23)10-15(29)16(11)17-13-3-2-4-14(13)28-18(24-17)25-19(26-28)27-5-7-30-8-6-27/h9-10,29H,2-8H2,1H3. The summed E-state index contributed by atoms with van der Waals surface area (Å²) < 4.78 is 46.5. The Labute approximate surface area is 170 Å². The van der Waals surface area contributed by atoms with Gasteiger partial charge >= 0.3 is 6.18 Å². The van der Waals surface area contributed by atoms with Gasteiger partial charge in [0.25, 0.3) is 5.78 Å². The Morgan fingerprint density at radius 1 is 1.10 bits per heavy atom. The predicted octanol–water partition coefficient (Wildman–Crippen LogP) is 3.15. The third-order valence-electron chi connectivity index (χ3n) is 5.69. The van der Waals surface area contributed by atoms with Gasteiger partial charge in [0, 0.05) is 24.2 Å². The number of nitrogens with zero attached hydrogens (tertiary/aromatic N) is 5. The molecule has 3 heterocycles. The highest BCUT2D eigenvalue weighted by atomic mass is 19.4. The molecule has 7 nitrogen and oxygen atoms in total. The van der Waals surface area contributed by atoms with Gasteiger partial charge in [-0.1, -0.05) is 0 Å². The molecule has 3 aromatic rings. The number of ether oxygens (including phenoxy) is 1. The molecule has 1 aliphatic heterocycles. The molecule has 0 radical (unpaired) electrons. The van der Waals surface area contributed by atoms with E-state index in [-0.39, 0.29) is 0 Å². The van der Waals surface area contributed by atoms with E-state index in [0.717, 1.165) is 42.7 Å². The summed E-state index contributed by atoms with van der Waals surface area (Å²) in [5.41, 5.74) is 2.09. The minimum absolute atomic E-state index is 0.319. The Kier molecular flexibility index (Phi) is 4.35. The number of hydrogen-bond donors (Lipinski definition) is 1. The Balaban J connectivity index is 1.67. The molecule has 1 saturated heterocycles. The average molecular weight is 419 g/mol. The van der Waals surface area contributed by atoms with Crippen LogP contribution in [0.2, 0.25) is 0 Å². The summed E-state index contributed by atoms with van der Waals surface area (Å²) >= 11 is 0. The summed E-state index contributed by atoms with van der Waals surface area (Å²) in [5, 5.41) is 15.1. The topological polar surface area (TPSA) is 75.8 Å². The number of anilines is 1. The molecule has 30 heavy (non-hydrogen) atoms. The molecule has 0 saturated carbocycles. The maximum Gasteiger partial charge on any atom is 0.416 e. The fraction of sp³-hybridized carbons (Fsp3) is 0.450. The van der Waals surface area contributed by atoms with Crippen LogP contribution in [0.5, 0.6) is 5.75 Å². The molecular weight excluding hydrogens is 399 g/mol. The first-order chi connectivity index (χ1) is 14.3. The summed E-state index contributed by atoms with van der Waals surface area (Å²) in [5.74, 6) is 0.512. The van der Waals surface area contributed by atoms with Gasteiger partial charge < -0.3 is 14.7 Å². The van der Waals surface area contributed by atoms with Gasteiger partial charge in [0.15, 0.2) is 0 Å². The molecule has 0 spiro atoms. The molecule has 0 bridgehead atoms. The first kappa shape index (κ1) is 19.1. The lowest BCUT2D eigenvalue weighted by Crippen LogP contribution is -2.36. The van der Waals surface area contributed by atoms with E-state index < -0.39 is 17.5 Å². The fourth-order valence-electron chi connectivity index (χ4n) is 4.28. The number of halogens is 3. The Morgan fingerprint density at radius 3 is 2.57 bits per heavy atom. The van der Waals surface area contributed by atoms with Crippen molar-refractivity contribution in [3.63, 3.8) is 0 Å². The Morgan fingerprint density at radius 2 is 1.87 bits per heavy atom. The minimum Gasteiger partial charge on any atom is -0.507 e. The van der Waals surface area contributed by atoms with Crippen molar-refractivity contribution in [1.29, 1.82) is 0 Å². The molecule has 0 atom stereocenters. The van der Waals surface area contributed by atoms with Gasteiger partial charge in [0.05, 0.1) is 30.2 Å². The number of benzene rings is 1. The van der Waals surface area contributed by atoms with Crippen molar-refractivity contribution in [2.45, 2.75) is 32.4 Å². The lowest BCUT2D eigenvalue weighted by atomic mass is 9.97. The molecule has 2 aliphatic rings. The Hall–Kier alpha value is -2.88. The summed E-state index contributed by atoms with van der Waals surface area (Å²) in [4.78, 5) is 11.2. The molecule has 2 aromatic heterocycles. The molecule has 0 amide bonds. The van der Waals surface area contributed by atoms with E-state index in [1.54, 1.807) is 11.4 Å². The van der Waals surface area contributed by atoms with Crippen LogP contribution in [0.15, 0.2) is 12.1 Å². The van der Waals surface area contributed by atoms with Crippen LogP contribution in [0.1, 0.15) is 28.8 Å². The minimum atomic E-state index is -4.53. The quantitative estimate of drug-likeness (QED) is 0.688. The van der Waals surface area contributed by atoms with Crippen LogP contribution in [0.4, 0.5) is 19.1 Å². The van der Waals surface area contributed by atoms with Crippen LogP contribution in [-0.4, -0.2) is 51.0 Å². The van der Waals surface area contributed by atoms with Gasteiger partial charge in [-0.25, -0.2) is 4.98 Å². The van der Waals surface area contributed by atoms with Gasteiger partial charge in [0.2, 0.25) is 5.95 Å². The molecule has 1 fully saturated rings. The zero-order valence-corrected chi connectivity index (χ0v) is 16.3. The zero-order valence-electron chi connectivity index (χ0n) is 16.3. The average Bonchev–Trinajstić information content (AvgIpc) is 3.34. The van der Waals surface area contributed by atoms with Gasteiger partial charge in [-0.3, -0.25) is 0 Å². The summed E-state index contributed by atoms with van der Waals surface area (Å²) in [6, 6.07) is 1.81. The molecular formula is C20H20F3N5O2. The summed E-state index contributed by atoms with van der Waals surface area (Å²) in [7, 11) is 0. The number of phenols is 1. The van der Waals surface area contributed by atoms with E-state index in [0.29, 0.717) is 54.9 Å². The number of morpholine rings is 1.